The average molecular weight is 378 g/mol. The van der Waals surface area contributed by atoms with Gasteiger partial charge in [-0.3, -0.25) is 9.59 Å². The van der Waals surface area contributed by atoms with Gasteiger partial charge >= 0.3 is 5.97 Å². The van der Waals surface area contributed by atoms with Crippen molar-refractivity contribution in [3.05, 3.63) is 54.5 Å². The summed E-state index contributed by atoms with van der Waals surface area (Å²) < 4.78 is 5.10. The maximum absolute atomic E-state index is 12.3. The molecule has 0 atom stereocenters. The second-order valence-electron chi connectivity index (χ2n) is 5.88. The molecule has 2 aromatic heterocycles. The van der Waals surface area contributed by atoms with E-state index >= 15 is 0 Å². The minimum Gasteiger partial charge on any atom is -0.462 e. The van der Waals surface area contributed by atoms with E-state index in [0.717, 1.165) is 0 Å². The molecule has 0 spiro atoms. The summed E-state index contributed by atoms with van der Waals surface area (Å²) in [5.41, 5.74) is 2.59. The molecule has 0 bridgehead atoms. The summed E-state index contributed by atoms with van der Waals surface area (Å²) in [5, 5.41) is 3.23. The Labute approximate surface area is 160 Å². The molecule has 28 heavy (non-hydrogen) atoms. The lowest BCUT2D eigenvalue weighted by atomic mass is 10.1. The highest BCUT2D eigenvalue weighted by Crippen LogP contribution is 2.30. The normalized spacial score (nSPS) is 10.9. The van der Waals surface area contributed by atoms with Gasteiger partial charge in [-0.25, -0.2) is 14.8 Å². The second-order valence-corrected chi connectivity index (χ2v) is 5.88. The van der Waals surface area contributed by atoms with Crippen molar-refractivity contribution in [1.29, 1.82) is 0 Å². The van der Waals surface area contributed by atoms with Gasteiger partial charge in [-0.2, -0.15) is 0 Å². The van der Waals surface area contributed by atoms with Crippen LogP contribution >= 0.6 is 0 Å². The number of hydrogen-bond acceptors (Lipinski definition) is 6. The van der Waals surface area contributed by atoms with Gasteiger partial charge in [0.2, 0.25) is 5.91 Å². The quantitative estimate of drug-likeness (QED) is 0.504. The summed E-state index contributed by atoms with van der Waals surface area (Å²) in [4.78, 5) is 46.5. The Bertz CT molecular complexity index is 1080. The van der Waals surface area contributed by atoms with Gasteiger partial charge in [-0.15, -0.1) is 0 Å². The highest BCUT2D eigenvalue weighted by Gasteiger charge is 2.19. The third-order valence-corrected chi connectivity index (χ3v) is 3.84. The molecule has 8 heteroatoms. The lowest BCUT2D eigenvalue weighted by Gasteiger charge is -2.08. The molecular weight excluding hydrogens is 360 g/mol. The molecule has 0 aliphatic heterocycles. The highest BCUT2D eigenvalue weighted by atomic mass is 16.5. The number of ether oxygens (including phenoxy) is 1. The van der Waals surface area contributed by atoms with Gasteiger partial charge in [0.15, 0.2) is 5.78 Å². The number of aromatic amines is 1. The number of nitrogens with zero attached hydrogens (tertiary/aromatic N) is 2. The molecule has 0 aliphatic carbocycles. The number of amides is 1. The number of anilines is 1. The van der Waals surface area contributed by atoms with Gasteiger partial charge in [-0.05, 0) is 32.1 Å². The van der Waals surface area contributed by atoms with Crippen molar-refractivity contribution in [3.63, 3.8) is 0 Å². The zero-order chi connectivity index (χ0) is 20.1. The molecule has 0 unspecified atom stereocenters. The molecule has 3 aromatic rings. The monoisotopic (exact) mass is 378 g/mol. The fourth-order valence-electron chi connectivity index (χ4n) is 2.67. The van der Waals surface area contributed by atoms with Crippen molar-refractivity contribution in [1.82, 2.24) is 15.0 Å². The maximum atomic E-state index is 12.3. The molecule has 2 N–H and O–H groups in total. The third kappa shape index (κ3) is 4.12. The van der Waals surface area contributed by atoms with Crippen molar-refractivity contribution in [2.45, 2.75) is 13.8 Å². The van der Waals surface area contributed by atoms with E-state index in [9.17, 15) is 14.4 Å². The predicted octanol–water partition coefficient (Wildman–Crippen LogP) is 2.89. The zero-order valence-electron chi connectivity index (χ0n) is 15.4. The Morgan fingerprint density at radius 3 is 2.79 bits per heavy atom. The maximum Gasteiger partial charge on any atom is 0.340 e. The molecule has 8 nitrogen and oxygen atoms in total. The van der Waals surface area contributed by atoms with E-state index in [0.29, 0.717) is 33.5 Å². The Morgan fingerprint density at radius 1 is 1.21 bits per heavy atom. The summed E-state index contributed by atoms with van der Waals surface area (Å²) in [5.74, 6) is -1.11. The minimum absolute atomic E-state index is 0.216. The topological polar surface area (TPSA) is 114 Å². The lowest BCUT2D eigenvalue weighted by molar-refractivity contribution is -0.114. The van der Waals surface area contributed by atoms with Gasteiger partial charge in [0.1, 0.15) is 12.0 Å². The molecule has 0 aliphatic rings. The molecule has 1 aromatic carbocycles. The first-order valence-electron chi connectivity index (χ1n) is 8.59. The number of ketones is 1. The number of aromatic nitrogens is 3. The number of nitrogens with one attached hydrogen (secondary N) is 2. The molecule has 0 saturated carbocycles. The van der Waals surface area contributed by atoms with Gasteiger partial charge in [0.25, 0.3) is 0 Å². The number of fused-ring (bicyclic) bond motifs is 1. The zero-order valence-corrected chi connectivity index (χ0v) is 15.4. The number of esters is 1. The number of carbonyl (C=O) groups excluding carboxylic acids is 3. The SMILES string of the molecule is CCOC(=O)c1c[nH]c2ncnc(-c3cccc(NC(=O)/C=C/C(C)=O)c3)c12. The fourth-order valence-corrected chi connectivity index (χ4v) is 2.67. The van der Waals surface area contributed by atoms with Crippen LogP contribution in [0.15, 0.2) is 48.9 Å². The lowest BCUT2D eigenvalue weighted by Crippen LogP contribution is -2.08. The second kappa shape index (κ2) is 8.26. The summed E-state index contributed by atoms with van der Waals surface area (Å²) in [6, 6.07) is 7.00. The van der Waals surface area contributed by atoms with E-state index in [4.69, 9.17) is 4.74 Å². The van der Waals surface area contributed by atoms with Crippen molar-refractivity contribution in [2.24, 2.45) is 0 Å². The fraction of sp³-hybridized carbons (Fsp3) is 0.150. The van der Waals surface area contributed by atoms with Gasteiger partial charge in [-0.1, -0.05) is 12.1 Å². The molecule has 142 valence electrons. The standard InChI is InChI=1S/C20H18N4O4/c1-3-28-20(27)15-10-21-19-17(15)18(22-11-23-19)13-5-4-6-14(9-13)24-16(26)8-7-12(2)25/h4-11H,3H2,1-2H3,(H,24,26)(H,21,22,23)/b8-7+. The van der Waals surface area contributed by atoms with E-state index in [2.05, 4.69) is 20.3 Å². The van der Waals surface area contributed by atoms with Crippen molar-refractivity contribution in [2.75, 3.05) is 11.9 Å². The molecule has 0 fully saturated rings. The summed E-state index contributed by atoms with van der Waals surface area (Å²) >= 11 is 0. The Balaban J connectivity index is 1.99. The van der Waals surface area contributed by atoms with E-state index in [-0.39, 0.29) is 12.4 Å². The number of benzene rings is 1. The first kappa shape index (κ1) is 19.0. The van der Waals surface area contributed by atoms with Gasteiger partial charge < -0.3 is 15.0 Å². The Kier molecular flexibility index (Phi) is 5.59. The molecule has 1 amide bonds. The van der Waals surface area contributed by atoms with Gasteiger partial charge in [0, 0.05) is 23.5 Å². The van der Waals surface area contributed by atoms with E-state index < -0.39 is 11.9 Å². The first-order chi connectivity index (χ1) is 13.5. The van der Waals surface area contributed by atoms with Crippen molar-refractivity contribution >= 4 is 34.4 Å². The average Bonchev–Trinajstić information content (AvgIpc) is 3.11. The molecular formula is C20H18N4O4. The number of allylic oxidation sites excluding steroid dienone is 1. The highest BCUT2D eigenvalue weighted by molar-refractivity contribution is 6.08. The van der Waals surface area contributed by atoms with Crippen molar-refractivity contribution in [3.8, 4) is 11.3 Å². The van der Waals surface area contributed by atoms with Gasteiger partial charge in [0.05, 0.1) is 23.3 Å². The summed E-state index contributed by atoms with van der Waals surface area (Å²) in [7, 11) is 0. The van der Waals surface area contributed by atoms with Crippen LogP contribution in [0.2, 0.25) is 0 Å². The van der Waals surface area contributed by atoms with Crippen LogP contribution in [-0.2, 0) is 14.3 Å². The molecule has 0 radical (unpaired) electrons. The van der Waals surface area contributed by atoms with Crippen LogP contribution in [0.25, 0.3) is 22.3 Å². The first-order valence-corrected chi connectivity index (χ1v) is 8.59. The van der Waals surface area contributed by atoms with Crippen LogP contribution in [-0.4, -0.2) is 39.2 Å². The Hall–Kier alpha value is -3.81. The number of carbonyl (C=O) groups is 3. The van der Waals surface area contributed by atoms with Crippen molar-refractivity contribution < 1.29 is 19.1 Å². The predicted molar refractivity (Wildman–Crippen MR) is 104 cm³/mol. The number of rotatable bonds is 6. The molecule has 0 saturated heterocycles. The molecule has 2 heterocycles. The van der Waals surface area contributed by atoms with E-state index in [1.54, 1.807) is 31.3 Å². The number of hydrogen-bond donors (Lipinski definition) is 2. The van der Waals surface area contributed by atoms with Crippen LogP contribution in [0.3, 0.4) is 0 Å². The Morgan fingerprint density at radius 2 is 2.04 bits per heavy atom. The minimum atomic E-state index is -0.469. The molecule has 3 rings (SSSR count). The van der Waals surface area contributed by atoms with Crippen LogP contribution < -0.4 is 5.32 Å². The van der Waals surface area contributed by atoms with Crippen LogP contribution in [0.1, 0.15) is 24.2 Å². The summed E-state index contributed by atoms with van der Waals surface area (Å²) in [6.07, 6.45) is 5.30. The summed E-state index contributed by atoms with van der Waals surface area (Å²) in [6.45, 7) is 3.35. The number of H-pyrrole nitrogens is 1. The van der Waals surface area contributed by atoms with E-state index in [1.807, 2.05) is 6.07 Å². The third-order valence-electron chi connectivity index (χ3n) is 3.84. The largest absolute Gasteiger partial charge is 0.462 e. The van der Waals surface area contributed by atoms with E-state index in [1.165, 1.54) is 25.4 Å². The smallest absolute Gasteiger partial charge is 0.340 e. The van der Waals surface area contributed by atoms with Crippen LogP contribution in [0, 0.1) is 0 Å². The van der Waals surface area contributed by atoms with Crippen LogP contribution in [0.5, 0.6) is 0 Å². The van der Waals surface area contributed by atoms with Crippen LogP contribution in [0.4, 0.5) is 5.69 Å².